The molecule has 0 spiro atoms. The number of phenols is 2. The maximum atomic E-state index is 11.5. The van der Waals surface area contributed by atoms with Gasteiger partial charge in [-0.1, -0.05) is 54.6 Å². The summed E-state index contributed by atoms with van der Waals surface area (Å²) in [6.45, 7) is 0.513. The van der Waals surface area contributed by atoms with Gasteiger partial charge in [-0.25, -0.2) is 0 Å². The maximum absolute atomic E-state index is 11.5. The lowest BCUT2D eigenvalue weighted by Crippen LogP contribution is -2.16. The van der Waals surface area contributed by atoms with Gasteiger partial charge in [0, 0.05) is 48.4 Å². The van der Waals surface area contributed by atoms with E-state index in [1.165, 1.54) is 0 Å². The van der Waals surface area contributed by atoms with E-state index in [2.05, 4.69) is 9.88 Å². The molecule has 4 nitrogen and oxygen atoms in total. The van der Waals surface area contributed by atoms with Crippen LogP contribution >= 0.6 is 0 Å². The van der Waals surface area contributed by atoms with Crippen LogP contribution in [0.2, 0.25) is 0 Å². The van der Waals surface area contributed by atoms with Gasteiger partial charge in [0.25, 0.3) is 0 Å². The van der Waals surface area contributed by atoms with Gasteiger partial charge in [0.1, 0.15) is 11.5 Å². The highest BCUT2D eigenvalue weighted by Gasteiger charge is 2.20. The number of hydrogen-bond acceptors (Lipinski definition) is 4. The molecule has 0 unspecified atom stereocenters. The molecule has 0 aliphatic heterocycles. The Kier molecular flexibility index (Phi) is 4.68. The van der Waals surface area contributed by atoms with Crippen molar-refractivity contribution in [1.82, 2.24) is 4.98 Å². The number of rotatable bonds is 4. The predicted octanol–water partition coefficient (Wildman–Crippen LogP) is 6.10. The molecular formula is C27H22N2O2. The zero-order valence-electron chi connectivity index (χ0n) is 17.2. The van der Waals surface area contributed by atoms with E-state index in [-0.39, 0.29) is 11.5 Å². The van der Waals surface area contributed by atoms with Gasteiger partial charge in [-0.05, 0) is 45.8 Å². The van der Waals surface area contributed by atoms with Crippen molar-refractivity contribution in [1.29, 1.82) is 0 Å². The third-order valence-corrected chi connectivity index (χ3v) is 5.77. The Hall–Kier alpha value is -4.05. The van der Waals surface area contributed by atoms with Crippen LogP contribution in [-0.4, -0.2) is 22.2 Å². The summed E-state index contributed by atoms with van der Waals surface area (Å²) >= 11 is 0. The van der Waals surface area contributed by atoms with E-state index in [9.17, 15) is 10.2 Å². The standard InChI is InChI=1S/C27H22N2O2/c1-29(21-12-14-28-15-13-21)17-20-16-19-7-3-5-9-23(19)26(27(20)31)25-22-8-4-2-6-18(22)10-11-24(25)30/h2-16,30-31H,17H2,1H3. The van der Waals surface area contributed by atoms with Crippen LogP contribution in [0.25, 0.3) is 32.7 Å². The number of fused-ring (bicyclic) bond motifs is 2. The Labute approximate surface area is 180 Å². The van der Waals surface area contributed by atoms with E-state index in [1.807, 2.05) is 79.8 Å². The molecule has 5 rings (SSSR count). The van der Waals surface area contributed by atoms with Crippen molar-refractivity contribution < 1.29 is 10.2 Å². The topological polar surface area (TPSA) is 56.6 Å². The fraction of sp³-hybridized carbons (Fsp3) is 0.0741. The van der Waals surface area contributed by atoms with E-state index >= 15 is 0 Å². The van der Waals surface area contributed by atoms with E-state index in [0.29, 0.717) is 17.7 Å². The SMILES string of the molecule is CN(Cc1cc2ccccc2c(-c2c(O)ccc3ccccc23)c1O)c1ccncc1. The number of hydrogen-bond donors (Lipinski definition) is 2. The molecule has 4 aromatic carbocycles. The van der Waals surface area contributed by atoms with Crippen molar-refractivity contribution in [3.8, 4) is 22.6 Å². The summed E-state index contributed by atoms with van der Waals surface area (Å²) in [6.07, 6.45) is 3.51. The molecule has 1 aromatic heterocycles. The van der Waals surface area contributed by atoms with Gasteiger partial charge in [0.15, 0.2) is 0 Å². The molecule has 5 aromatic rings. The first kappa shape index (κ1) is 18.9. The molecule has 31 heavy (non-hydrogen) atoms. The molecule has 152 valence electrons. The molecule has 0 aliphatic rings. The Bertz CT molecular complexity index is 1400. The summed E-state index contributed by atoms with van der Waals surface area (Å²) < 4.78 is 0. The first-order valence-corrected chi connectivity index (χ1v) is 10.2. The molecule has 1 heterocycles. The highest BCUT2D eigenvalue weighted by atomic mass is 16.3. The average molecular weight is 406 g/mol. The molecule has 0 radical (unpaired) electrons. The lowest BCUT2D eigenvalue weighted by atomic mass is 9.90. The second-order valence-corrected chi connectivity index (χ2v) is 7.72. The summed E-state index contributed by atoms with van der Waals surface area (Å²) in [5, 5.41) is 26.2. The second-order valence-electron chi connectivity index (χ2n) is 7.72. The van der Waals surface area contributed by atoms with Crippen LogP contribution < -0.4 is 4.90 Å². The molecule has 0 saturated carbocycles. The Morgan fingerprint density at radius 1 is 0.742 bits per heavy atom. The van der Waals surface area contributed by atoms with Gasteiger partial charge in [-0.2, -0.15) is 0 Å². The lowest BCUT2D eigenvalue weighted by Gasteiger charge is -2.22. The second kappa shape index (κ2) is 7.65. The van der Waals surface area contributed by atoms with Crippen molar-refractivity contribution >= 4 is 27.2 Å². The zero-order valence-corrected chi connectivity index (χ0v) is 17.2. The van der Waals surface area contributed by atoms with Gasteiger partial charge in [-0.15, -0.1) is 0 Å². The maximum Gasteiger partial charge on any atom is 0.129 e. The van der Waals surface area contributed by atoms with Crippen LogP contribution in [-0.2, 0) is 6.54 Å². The lowest BCUT2D eigenvalue weighted by molar-refractivity contribution is 0.466. The largest absolute Gasteiger partial charge is 0.507 e. The van der Waals surface area contributed by atoms with Gasteiger partial charge in [0.05, 0.1) is 0 Å². The number of aromatic nitrogens is 1. The summed E-state index contributed by atoms with van der Waals surface area (Å²) in [4.78, 5) is 6.15. The first-order valence-electron chi connectivity index (χ1n) is 10.2. The molecule has 0 saturated heterocycles. The molecule has 4 heteroatoms. The van der Waals surface area contributed by atoms with Crippen molar-refractivity contribution in [2.75, 3.05) is 11.9 Å². The van der Waals surface area contributed by atoms with Crippen LogP contribution in [0.15, 0.2) is 91.3 Å². The molecule has 0 fully saturated rings. The number of pyridine rings is 1. The van der Waals surface area contributed by atoms with Crippen molar-refractivity contribution in [2.45, 2.75) is 6.54 Å². The van der Waals surface area contributed by atoms with Crippen LogP contribution in [0.5, 0.6) is 11.5 Å². The Morgan fingerprint density at radius 3 is 2.13 bits per heavy atom. The molecule has 0 aliphatic carbocycles. The quantitative estimate of drug-likeness (QED) is 0.378. The fourth-order valence-electron chi connectivity index (χ4n) is 4.24. The third-order valence-electron chi connectivity index (χ3n) is 5.77. The van der Waals surface area contributed by atoms with Crippen molar-refractivity contribution in [2.24, 2.45) is 0 Å². The fourth-order valence-corrected chi connectivity index (χ4v) is 4.24. The molecular weight excluding hydrogens is 384 g/mol. The van der Waals surface area contributed by atoms with Gasteiger partial charge in [-0.3, -0.25) is 4.98 Å². The highest BCUT2D eigenvalue weighted by molar-refractivity contribution is 6.10. The van der Waals surface area contributed by atoms with Gasteiger partial charge < -0.3 is 15.1 Å². The number of phenolic OH excluding ortho intramolecular Hbond substituents is 2. The minimum Gasteiger partial charge on any atom is -0.507 e. The smallest absolute Gasteiger partial charge is 0.129 e. The van der Waals surface area contributed by atoms with Crippen LogP contribution in [0, 0.1) is 0 Å². The Morgan fingerprint density at radius 2 is 1.39 bits per heavy atom. The summed E-state index contributed by atoms with van der Waals surface area (Å²) in [6, 6.07) is 25.4. The van der Waals surface area contributed by atoms with Crippen molar-refractivity contribution in [3.63, 3.8) is 0 Å². The third kappa shape index (κ3) is 3.32. The normalized spacial score (nSPS) is 11.1. The van der Waals surface area contributed by atoms with E-state index in [0.717, 1.165) is 32.8 Å². The zero-order chi connectivity index (χ0) is 21.4. The number of benzene rings is 4. The van der Waals surface area contributed by atoms with Gasteiger partial charge >= 0.3 is 0 Å². The number of nitrogens with zero attached hydrogens (tertiary/aromatic N) is 2. The van der Waals surface area contributed by atoms with Crippen LogP contribution in [0.3, 0.4) is 0 Å². The monoisotopic (exact) mass is 406 g/mol. The van der Waals surface area contributed by atoms with Crippen LogP contribution in [0.1, 0.15) is 5.56 Å². The van der Waals surface area contributed by atoms with Gasteiger partial charge in [0.2, 0.25) is 0 Å². The average Bonchev–Trinajstić information content (AvgIpc) is 2.81. The number of anilines is 1. The first-order chi connectivity index (χ1) is 15.1. The van der Waals surface area contributed by atoms with E-state index in [1.54, 1.807) is 18.5 Å². The minimum atomic E-state index is 0.152. The van der Waals surface area contributed by atoms with Crippen molar-refractivity contribution in [3.05, 3.63) is 96.8 Å². The summed E-state index contributed by atoms with van der Waals surface area (Å²) in [5.74, 6) is 0.338. The molecule has 2 N–H and O–H groups in total. The van der Waals surface area contributed by atoms with E-state index in [4.69, 9.17) is 0 Å². The molecule has 0 amide bonds. The number of aromatic hydroxyl groups is 2. The summed E-state index contributed by atoms with van der Waals surface area (Å²) in [5.41, 5.74) is 3.11. The highest BCUT2D eigenvalue weighted by Crippen LogP contribution is 2.46. The summed E-state index contributed by atoms with van der Waals surface area (Å²) in [7, 11) is 1.99. The minimum absolute atomic E-state index is 0.152. The van der Waals surface area contributed by atoms with E-state index < -0.39 is 0 Å². The molecule has 0 bridgehead atoms. The molecule has 0 atom stereocenters. The Balaban J connectivity index is 1.76. The van der Waals surface area contributed by atoms with Crippen LogP contribution in [0.4, 0.5) is 5.69 Å². The predicted molar refractivity (Wildman–Crippen MR) is 127 cm³/mol.